The molecule has 1 heterocycles. The van der Waals surface area contributed by atoms with Gasteiger partial charge in [-0.2, -0.15) is 15.0 Å². The van der Waals surface area contributed by atoms with E-state index in [9.17, 15) is 4.39 Å². The maximum atomic E-state index is 13.6. The van der Waals surface area contributed by atoms with Crippen molar-refractivity contribution in [2.45, 2.75) is 6.92 Å². The highest BCUT2D eigenvalue weighted by Crippen LogP contribution is 2.24. The molecule has 0 spiro atoms. The molecule has 0 radical (unpaired) electrons. The van der Waals surface area contributed by atoms with Gasteiger partial charge in [0.15, 0.2) is 11.6 Å². The molecule has 0 bridgehead atoms. The summed E-state index contributed by atoms with van der Waals surface area (Å²) in [6.45, 7) is 1.83. The predicted molar refractivity (Wildman–Crippen MR) is 70.4 cm³/mol. The zero-order chi connectivity index (χ0) is 14.0. The minimum absolute atomic E-state index is 0.0123. The van der Waals surface area contributed by atoms with Gasteiger partial charge in [-0.25, -0.2) is 4.39 Å². The van der Waals surface area contributed by atoms with Gasteiger partial charge in [0.2, 0.25) is 11.2 Å². The molecule has 19 heavy (non-hydrogen) atoms. The molecule has 2 rings (SSSR count). The number of anilines is 1. The van der Waals surface area contributed by atoms with Gasteiger partial charge in [0, 0.05) is 14.1 Å². The second-order valence-corrected chi connectivity index (χ2v) is 4.46. The van der Waals surface area contributed by atoms with Crippen molar-refractivity contribution in [2.75, 3.05) is 19.0 Å². The molecule has 0 aliphatic rings. The van der Waals surface area contributed by atoms with Gasteiger partial charge in [-0.3, -0.25) is 0 Å². The van der Waals surface area contributed by atoms with Crippen LogP contribution in [0.2, 0.25) is 5.28 Å². The molecule has 5 nitrogen and oxygen atoms in total. The van der Waals surface area contributed by atoms with Gasteiger partial charge in [0.05, 0.1) is 0 Å². The van der Waals surface area contributed by atoms with Gasteiger partial charge in [-0.15, -0.1) is 0 Å². The lowest BCUT2D eigenvalue weighted by Crippen LogP contribution is -2.13. The number of benzene rings is 1. The standard InChI is InChI=1S/C12H12ClFN4O/c1-7-4-5-8(14)9(6-7)19-12-16-10(13)15-11(17-12)18(2)3/h4-6H,1-3H3. The number of aryl methyl sites for hydroxylation is 1. The highest BCUT2D eigenvalue weighted by Gasteiger charge is 2.11. The van der Waals surface area contributed by atoms with Crippen LogP contribution in [0.4, 0.5) is 10.3 Å². The van der Waals surface area contributed by atoms with Crippen LogP contribution in [0.25, 0.3) is 0 Å². The first-order valence-electron chi connectivity index (χ1n) is 5.48. The molecule has 0 saturated carbocycles. The zero-order valence-electron chi connectivity index (χ0n) is 10.7. The molecule has 2 aromatic rings. The molecule has 0 aliphatic heterocycles. The van der Waals surface area contributed by atoms with E-state index in [0.29, 0.717) is 5.95 Å². The highest BCUT2D eigenvalue weighted by atomic mass is 35.5. The summed E-state index contributed by atoms with van der Waals surface area (Å²) in [6, 6.07) is 4.48. The molecule has 0 atom stereocenters. The second kappa shape index (κ2) is 5.36. The third kappa shape index (κ3) is 3.29. The minimum atomic E-state index is -0.492. The topological polar surface area (TPSA) is 51.1 Å². The van der Waals surface area contributed by atoms with Crippen molar-refractivity contribution in [1.82, 2.24) is 15.0 Å². The smallest absolute Gasteiger partial charge is 0.328 e. The van der Waals surface area contributed by atoms with Crippen LogP contribution in [-0.4, -0.2) is 29.0 Å². The van der Waals surface area contributed by atoms with Crippen molar-refractivity contribution in [3.05, 3.63) is 34.9 Å². The summed E-state index contributed by atoms with van der Waals surface area (Å²) >= 11 is 5.77. The Kier molecular flexibility index (Phi) is 3.80. The summed E-state index contributed by atoms with van der Waals surface area (Å²) in [5, 5.41) is -0.0123. The lowest BCUT2D eigenvalue weighted by molar-refractivity contribution is 0.409. The van der Waals surface area contributed by atoms with Crippen molar-refractivity contribution in [1.29, 1.82) is 0 Å². The molecule has 0 N–H and O–H groups in total. The van der Waals surface area contributed by atoms with Crippen molar-refractivity contribution >= 4 is 17.5 Å². The number of hydrogen-bond acceptors (Lipinski definition) is 5. The average molecular weight is 283 g/mol. The normalized spacial score (nSPS) is 10.4. The summed E-state index contributed by atoms with van der Waals surface area (Å²) in [5.41, 5.74) is 0.865. The fourth-order valence-corrected chi connectivity index (χ4v) is 1.50. The summed E-state index contributed by atoms with van der Waals surface area (Å²) in [6.07, 6.45) is 0. The monoisotopic (exact) mass is 282 g/mol. The summed E-state index contributed by atoms with van der Waals surface area (Å²) in [7, 11) is 3.51. The van der Waals surface area contributed by atoms with E-state index in [0.717, 1.165) is 5.56 Å². The Hall–Kier alpha value is -1.95. The summed E-state index contributed by atoms with van der Waals surface area (Å²) < 4.78 is 18.9. The molecule has 0 unspecified atom stereocenters. The van der Waals surface area contributed by atoms with E-state index in [1.165, 1.54) is 6.07 Å². The maximum absolute atomic E-state index is 13.6. The molecule has 1 aromatic heterocycles. The zero-order valence-corrected chi connectivity index (χ0v) is 11.4. The molecule has 1 aromatic carbocycles. The third-order valence-corrected chi connectivity index (χ3v) is 2.43. The Labute approximate surface area is 115 Å². The molecule has 0 saturated heterocycles. The molecule has 0 aliphatic carbocycles. The SMILES string of the molecule is Cc1ccc(F)c(Oc2nc(Cl)nc(N(C)C)n2)c1. The quantitative estimate of drug-likeness (QED) is 0.866. The van der Waals surface area contributed by atoms with Gasteiger partial charge in [0.1, 0.15) is 0 Å². The van der Waals surface area contributed by atoms with Crippen LogP contribution in [0.3, 0.4) is 0 Å². The van der Waals surface area contributed by atoms with Crippen molar-refractivity contribution < 1.29 is 9.13 Å². The first-order chi connectivity index (χ1) is 8.95. The number of rotatable bonds is 3. The second-order valence-electron chi connectivity index (χ2n) is 4.12. The van der Waals surface area contributed by atoms with Gasteiger partial charge in [-0.05, 0) is 36.2 Å². The van der Waals surface area contributed by atoms with Gasteiger partial charge in [0.25, 0.3) is 0 Å². The van der Waals surface area contributed by atoms with Gasteiger partial charge < -0.3 is 9.64 Å². The van der Waals surface area contributed by atoms with Crippen molar-refractivity contribution in [2.24, 2.45) is 0 Å². The van der Waals surface area contributed by atoms with Crippen LogP contribution in [0, 0.1) is 12.7 Å². The predicted octanol–water partition coefficient (Wildman–Crippen LogP) is 2.83. The van der Waals surface area contributed by atoms with Crippen LogP contribution in [0.5, 0.6) is 11.8 Å². The van der Waals surface area contributed by atoms with E-state index in [2.05, 4.69) is 15.0 Å². The Morgan fingerprint density at radius 3 is 2.63 bits per heavy atom. The lowest BCUT2D eigenvalue weighted by Gasteiger charge is -2.11. The van der Waals surface area contributed by atoms with Crippen LogP contribution in [0.15, 0.2) is 18.2 Å². The summed E-state index contributed by atoms with van der Waals surface area (Å²) in [4.78, 5) is 13.4. The Morgan fingerprint density at radius 1 is 1.21 bits per heavy atom. The fraction of sp³-hybridized carbons (Fsp3) is 0.250. The highest BCUT2D eigenvalue weighted by molar-refractivity contribution is 6.28. The van der Waals surface area contributed by atoms with Crippen LogP contribution in [-0.2, 0) is 0 Å². The number of hydrogen-bond donors (Lipinski definition) is 0. The molecule has 100 valence electrons. The minimum Gasteiger partial charge on any atom is -0.421 e. The van der Waals surface area contributed by atoms with Crippen molar-refractivity contribution in [3.63, 3.8) is 0 Å². The average Bonchev–Trinajstić information content (AvgIpc) is 2.33. The number of halogens is 2. The van der Waals surface area contributed by atoms with E-state index in [-0.39, 0.29) is 17.0 Å². The number of nitrogens with zero attached hydrogens (tertiary/aromatic N) is 4. The molecule has 0 fully saturated rings. The molecule has 7 heteroatoms. The van der Waals surface area contributed by atoms with E-state index in [1.54, 1.807) is 31.1 Å². The largest absolute Gasteiger partial charge is 0.421 e. The van der Waals surface area contributed by atoms with E-state index in [4.69, 9.17) is 16.3 Å². The van der Waals surface area contributed by atoms with Gasteiger partial charge in [-0.1, -0.05) is 6.07 Å². The van der Waals surface area contributed by atoms with Crippen LogP contribution >= 0.6 is 11.6 Å². The van der Waals surface area contributed by atoms with Crippen molar-refractivity contribution in [3.8, 4) is 11.8 Å². The van der Waals surface area contributed by atoms with Crippen LogP contribution in [0.1, 0.15) is 5.56 Å². The first-order valence-corrected chi connectivity index (χ1v) is 5.86. The Balaban J connectivity index is 2.35. The van der Waals surface area contributed by atoms with E-state index < -0.39 is 5.82 Å². The maximum Gasteiger partial charge on any atom is 0.328 e. The molecule has 0 amide bonds. The van der Waals surface area contributed by atoms with E-state index in [1.807, 2.05) is 6.92 Å². The first kappa shape index (κ1) is 13.5. The van der Waals surface area contributed by atoms with Gasteiger partial charge >= 0.3 is 6.01 Å². The number of aromatic nitrogens is 3. The third-order valence-electron chi connectivity index (χ3n) is 2.26. The summed E-state index contributed by atoms with van der Waals surface area (Å²) in [5.74, 6) is -0.108. The lowest BCUT2D eigenvalue weighted by atomic mass is 10.2. The Bertz CT molecular complexity index is 606. The molecular weight excluding hydrogens is 271 g/mol. The molecular formula is C12H12ClFN4O. The number of ether oxygens (including phenoxy) is 1. The van der Waals surface area contributed by atoms with Crippen LogP contribution < -0.4 is 9.64 Å². The van der Waals surface area contributed by atoms with E-state index >= 15 is 0 Å². The Morgan fingerprint density at radius 2 is 1.95 bits per heavy atom. The fourth-order valence-electron chi connectivity index (χ4n) is 1.35.